The van der Waals surface area contributed by atoms with E-state index in [0.717, 1.165) is 17.1 Å². The number of nitrogens with zero attached hydrogens (tertiary/aromatic N) is 1. The third kappa shape index (κ3) is 6.24. The first-order valence-corrected chi connectivity index (χ1v) is 22.1. The first kappa shape index (κ1) is 36.1. The molecule has 11 aromatic carbocycles. The van der Waals surface area contributed by atoms with Crippen LogP contribution in [0.1, 0.15) is 0 Å². The van der Waals surface area contributed by atoms with Crippen LogP contribution in [0.5, 0.6) is 0 Å². The molecule has 0 amide bonds. The molecule has 0 aliphatic heterocycles. The van der Waals surface area contributed by atoms with E-state index in [4.69, 9.17) is 0 Å². The smallest absolute Gasteiger partial charge is 0.0462 e. The molecule has 0 atom stereocenters. The highest BCUT2D eigenvalue weighted by Crippen LogP contribution is 2.43. The van der Waals surface area contributed by atoms with E-state index in [0.29, 0.717) is 0 Å². The zero-order valence-electron chi connectivity index (χ0n) is 33.9. The van der Waals surface area contributed by atoms with Crippen molar-refractivity contribution in [3.63, 3.8) is 0 Å². The SMILES string of the molecule is c1cc(-c2ccc(N(c3ccc(-c4cc5ccccc5c5ccccc45)cc3)c3ccc(-c4cccc5c4sc4ccccc45)cc3)cc2)cc(-c2cccc3ccccc23)c1. The molecule has 62 heavy (non-hydrogen) atoms. The topological polar surface area (TPSA) is 3.24 Å². The Hall–Kier alpha value is -7.78. The molecule has 0 N–H and O–H groups in total. The summed E-state index contributed by atoms with van der Waals surface area (Å²) in [6.07, 6.45) is 0. The third-order valence-electron chi connectivity index (χ3n) is 12.5. The van der Waals surface area contributed by atoms with Crippen LogP contribution in [-0.2, 0) is 0 Å². The molecule has 1 nitrogen and oxygen atoms in total. The molecule has 1 heterocycles. The van der Waals surface area contributed by atoms with Gasteiger partial charge in [-0.15, -0.1) is 11.3 Å². The van der Waals surface area contributed by atoms with Crippen molar-refractivity contribution >= 4 is 80.9 Å². The summed E-state index contributed by atoms with van der Waals surface area (Å²) in [6.45, 7) is 0. The van der Waals surface area contributed by atoms with Crippen molar-refractivity contribution in [2.24, 2.45) is 0 Å². The number of hydrogen-bond acceptors (Lipinski definition) is 2. The summed E-state index contributed by atoms with van der Waals surface area (Å²) in [4.78, 5) is 2.38. The highest BCUT2D eigenvalue weighted by atomic mass is 32.1. The van der Waals surface area contributed by atoms with Gasteiger partial charge in [-0.2, -0.15) is 0 Å². The Kier molecular flexibility index (Phi) is 8.76. The highest BCUT2D eigenvalue weighted by Gasteiger charge is 2.17. The molecule has 0 aliphatic rings. The predicted octanol–water partition coefficient (Wildman–Crippen LogP) is 17.7. The lowest BCUT2D eigenvalue weighted by molar-refractivity contribution is 1.28. The monoisotopic (exact) mass is 805 g/mol. The van der Waals surface area contributed by atoms with Crippen LogP contribution in [0.4, 0.5) is 17.1 Å². The predicted molar refractivity (Wildman–Crippen MR) is 268 cm³/mol. The van der Waals surface area contributed by atoms with E-state index >= 15 is 0 Å². The zero-order chi connectivity index (χ0) is 41.0. The quantitative estimate of drug-likeness (QED) is 0.145. The molecule has 290 valence electrons. The molecule has 0 unspecified atom stereocenters. The van der Waals surface area contributed by atoms with Crippen LogP contribution in [0.15, 0.2) is 237 Å². The fourth-order valence-electron chi connectivity index (χ4n) is 9.44. The lowest BCUT2D eigenvalue weighted by atomic mass is 9.93. The second-order valence-corrected chi connectivity index (χ2v) is 17.1. The summed E-state index contributed by atoms with van der Waals surface area (Å²) < 4.78 is 2.65. The van der Waals surface area contributed by atoms with E-state index in [1.807, 2.05) is 11.3 Å². The maximum atomic E-state index is 2.38. The molecule has 0 saturated carbocycles. The van der Waals surface area contributed by atoms with Crippen LogP contribution in [0, 0.1) is 0 Å². The Morgan fingerprint density at radius 2 is 0.758 bits per heavy atom. The summed E-state index contributed by atoms with van der Waals surface area (Å²) >= 11 is 1.88. The van der Waals surface area contributed by atoms with Gasteiger partial charge in [0, 0.05) is 37.2 Å². The van der Waals surface area contributed by atoms with Crippen molar-refractivity contribution in [3.05, 3.63) is 237 Å². The normalized spacial score (nSPS) is 11.5. The van der Waals surface area contributed by atoms with Gasteiger partial charge in [-0.05, 0) is 131 Å². The number of hydrogen-bond donors (Lipinski definition) is 0. The van der Waals surface area contributed by atoms with Gasteiger partial charge < -0.3 is 4.90 Å². The molecule has 0 radical (unpaired) electrons. The minimum atomic E-state index is 1.10. The molecule has 0 fully saturated rings. The maximum Gasteiger partial charge on any atom is 0.0462 e. The minimum absolute atomic E-state index is 1.10. The van der Waals surface area contributed by atoms with Crippen LogP contribution in [0.25, 0.3) is 97.0 Å². The average Bonchev–Trinajstić information content (AvgIpc) is 3.74. The molecule has 2 heteroatoms. The van der Waals surface area contributed by atoms with Crippen molar-refractivity contribution in [1.82, 2.24) is 0 Å². The Balaban J connectivity index is 0.941. The third-order valence-corrected chi connectivity index (χ3v) is 13.7. The number of anilines is 3. The van der Waals surface area contributed by atoms with Crippen molar-refractivity contribution in [1.29, 1.82) is 0 Å². The maximum absolute atomic E-state index is 2.38. The van der Waals surface area contributed by atoms with Crippen molar-refractivity contribution < 1.29 is 0 Å². The van der Waals surface area contributed by atoms with Crippen molar-refractivity contribution in [2.45, 2.75) is 0 Å². The van der Waals surface area contributed by atoms with Crippen LogP contribution >= 0.6 is 11.3 Å². The first-order valence-electron chi connectivity index (χ1n) is 21.2. The average molecular weight is 806 g/mol. The van der Waals surface area contributed by atoms with Gasteiger partial charge >= 0.3 is 0 Å². The number of benzene rings is 11. The summed E-state index contributed by atoms with van der Waals surface area (Å²) in [5.41, 5.74) is 13.1. The number of thiophene rings is 1. The Morgan fingerprint density at radius 3 is 1.50 bits per heavy atom. The van der Waals surface area contributed by atoms with Gasteiger partial charge in [0.2, 0.25) is 0 Å². The second-order valence-electron chi connectivity index (χ2n) is 16.1. The van der Waals surface area contributed by atoms with E-state index in [1.165, 1.54) is 97.0 Å². The van der Waals surface area contributed by atoms with Crippen LogP contribution in [0.2, 0.25) is 0 Å². The molecule has 0 aliphatic carbocycles. The van der Waals surface area contributed by atoms with Gasteiger partial charge in [-0.3, -0.25) is 0 Å². The molecule has 12 rings (SSSR count). The second kappa shape index (κ2) is 15.0. The highest BCUT2D eigenvalue weighted by molar-refractivity contribution is 7.26. The van der Waals surface area contributed by atoms with Crippen LogP contribution < -0.4 is 4.90 Å². The molecule has 0 saturated heterocycles. The van der Waals surface area contributed by atoms with E-state index in [-0.39, 0.29) is 0 Å². The first-order chi connectivity index (χ1) is 30.7. The lowest BCUT2D eigenvalue weighted by Crippen LogP contribution is -2.09. The van der Waals surface area contributed by atoms with Gasteiger partial charge in [0.05, 0.1) is 0 Å². The van der Waals surface area contributed by atoms with E-state index in [1.54, 1.807) is 0 Å². The Morgan fingerprint density at radius 1 is 0.258 bits per heavy atom. The van der Waals surface area contributed by atoms with Gasteiger partial charge in [0.1, 0.15) is 0 Å². The molecular formula is C60H39NS. The van der Waals surface area contributed by atoms with Gasteiger partial charge in [0.25, 0.3) is 0 Å². The van der Waals surface area contributed by atoms with Crippen LogP contribution in [0.3, 0.4) is 0 Å². The van der Waals surface area contributed by atoms with E-state index < -0.39 is 0 Å². The Labute approximate surface area is 365 Å². The summed E-state index contributed by atoms with van der Waals surface area (Å²) in [6, 6.07) is 86.6. The number of fused-ring (bicyclic) bond motifs is 7. The molecule has 12 aromatic rings. The molecule has 0 spiro atoms. The van der Waals surface area contributed by atoms with Crippen molar-refractivity contribution in [2.75, 3.05) is 4.90 Å². The largest absolute Gasteiger partial charge is 0.311 e. The Bertz CT molecular complexity index is 3610. The zero-order valence-corrected chi connectivity index (χ0v) is 34.7. The molecule has 0 bridgehead atoms. The van der Waals surface area contributed by atoms with Crippen molar-refractivity contribution in [3.8, 4) is 44.5 Å². The fourth-order valence-corrected chi connectivity index (χ4v) is 10.7. The molecular weight excluding hydrogens is 767 g/mol. The number of rotatable bonds is 7. The lowest BCUT2D eigenvalue weighted by Gasteiger charge is -2.26. The standard InChI is InChI=1S/C60H39NS/c1-3-17-50-41(12-1)14-10-22-51(50)45-16-9-15-44(38-45)40-26-32-47(33-27-40)61(48-34-28-42(29-35-48)53-23-11-24-57-56-21-7-8-25-59(56)62-60(53)57)49-36-30-43(31-37-49)58-39-46-13-2-4-18-52(46)54-19-5-6-20-55(54)58/h1-39H. The van der Waals surface area contributed by atoms with Gasteiger partial charge in [0.15, 0.2) is 0 Å². The minimum Gasteiger partial charge on any atom is -0.311 e. The van der Waals surface area contributed by atoms with E-state index in [9.17, 15) is 0 Å². The summed E-state index contributed by atoms with van der Waals surface area (Å²) in [5.74, 6) is 0. The van der Waals surface area contributed by atoms with E-state index in [2.05, 4.69) is 241 Å². The van der Waals surface area contributed by atoms with Crippen LogP contribution in [-0.4, -0.2) is 0 Å². The molecule has 1 aromatic heterocycles. The van der Waals surface area contributed by atoms with Gasteiger partial charge in [-0.1, -0.05) is 182 Å². The summed E-state index contributed by atoms with van der Waals surface area (Å²) in [7, 11) is 0. The van der Waals surface area contributed by atoms with Gasteiger partial charge in [-0.25, -0.2) is 0 Å². The summed E-state index contributed by atoms with van der Waals surface area (Å²) in [5, 5.41) is 10.2. The fraction of sp³-hybridized carbons (Fsp3) is 0.